The smallest absolute Gasteiger partial charge is 0.225 e. The average molecular weight is 258 g/mol. The molecule has 98 valence electrons. The molecule has 1 aliphatic heterocycles. The van der Waals surface area contributed by atoms with Crippen LogP contribution in [0.2, 0.25) is 0 Å². The van der Waals surface area contributed by atoms with Gasteiger partial charge < -0.3 is 11.1 Å². The lowest BCUT2D eigenvalue weighted by Gasteiger charge is -2.35. The topological polar surface area (TPSA) is 98.7 Å². The van der Waals surface area contributed by atoms with Gasteiger partial charge in [-0.3, -0.25) is 9.78 Å². The van der Waals surface area contributed by atoms with Crippen molar-refractivity contribution in [1.29, 1.82) is 0 Å². The molecule has 7 heteroatoms. The number of amides is 1. The van der Waals surface area contributed by atoms with E-state index in [1.165, 1.54) is 6.33 Å². The van der Waals surface area contributed by atoms with E-state index in [2.05, 4.69) is 20.4 Å². The van der Waals surface area contributed by atoms with E-state index in [1.807, 2.05) is 19.1 Å². The van der Waals surface area contributed by atoms with Crippen molar-refractivity contribution in [1.82, 2.24) is 19.7 Å². The van der Waals surface area contributed by atoms with Gasteiger partial charge in [0.1, 0.15) is 6.33 Å². The van der Waals surface area contributed by atoms with Crippen LogP contribution in [0.1, 0.15) is 18.5 Å². The average Bonchev–Trinajstić information content (AvgIpc) is 2.85. The highest BCUT2D eigenvalue weighted by Crippen LogP contribution is 2.34. The van der Waals surface area contributed by atoms with Crippen molar-refractivity contribution in [3.05, 3.63) is 36.4 Å². The predicted octanol–water partition coefficient (Wildman–Crippen LogP) is 0.178. The molecule has 0 saturated carbocycles. The molecular formula is C12H14N6O. The molecule has 0 spiro atoms. The minimum absolute atomic E-state index is 0.112. The van der Waals surface area contributed by atoms with Crippen LogP contribution >= 0.6 is 0 Å². The van der Waals surface area contributed by atoms with E-state index in [4.69, 9.17) is 5.73 Å². The molecule has 0 unspecified atom stereocenters. The van der Waals surface area contributed by atoms with Gasteiger partial charge in [-0.1, -0.05) is 6.07 Å². The number of nitrogens with two attached hydrogens (primary N) is 1. The first-order chi connectivity index (χ1) is 9.18. The maximum atomic E-state index is 11.8. The lowest BCUT2D eigenvalue weighted by atomic mass is 9.86. The Hall–Kier alpha value is -2.44. The molecule has 7 nitrogen and oxygen atoms in total. The molecule has 3 atom stereocenters. The minimum Gasteiger partial charge on any atom is -0.369 e. The van der Waals surface area contributed by atoms with Crippen molar-refractivity contribution in [3.8, 4) is 0 Å². The molecule has 3 rings (SSSR count). The molecule has 2 aromatic rings. The highest BCUT2D eigenvalue weighted by atomic mass is 16.1. The van der Waals surface area contributed by atoms with Gasteiger partial charge in [0.2, 0.25) is 11.9 Å². The van der Waals surface area contributed by atoms with Gasteiger partial charge in [-0.25, -0.2) is 4.68 Å². The van der Waals surface area contributed by atoms with Crippen LogP contribution in [0, 0.1) is 5.92 Å². The van der Waals surface area contributed by atoms with Gasteiger partial charge in [0.15, 0.2) is 0 Å². The third-order valence-corrected chi connectivity index (χ3v) is 3.43. The normalized spacial score (nSPS) is 25.4. The molecule has 2 aromatic heterocycles. The third kappa shape index (κ3) is 1.83. The van der Waals surface area contributed by atoms with Crippen LogP contribution in [0.4, 0.5) is 5.95 Å². The Morgan fingerprint density at radius 3 is 3.05 bits per heavy atom. The van der Waals surface area contributed by atoms with Crippen LogP contribution in [0.5, 0.6) is 0 Å². The summed E-state index contributed by atoms with van der Waals surface area (Å²) in [4.78, 5) is 20.0. The lowest BCUT2D eigenvalue weighted by Crippen LogP contribution is -2.47. The number of pyridine rings is 1. The van der Waals surface area contributed by atoms with E-state index in [-0.39, 0.29) is 18.0 Å². The number of nitrogens with one attached hydrogen (secondary N) is 1. The molecule has 0 saturated heterocycles. The Labute approximate surface area is 109 Å². The number of carbonyl (C=O) groups is 1. The summed E-state index contributed by atoms with van der Waals surface area (Å²) in [6, 6.07) is 3.35. The maximum absolute atomic E-state index is 11.8. The van der Waals surface area contributed by atoms with Gasteiger partial charge in [0, 0.05) is 18.4 Å². The monoisotopic (exact) mass is 258 g/mol. The number of rotatable bonds is 2. The second-order valence-electron chi connectivity index (χ2n) is 4.62. The zero-order valence-corrected chi connectivity index (χ0v) is 10.4. The largest absolute Gasteiger partial charge is 0.369 e. The Bertz CT molecular complexity index is 595. The van der Waals surface area contributed by atoms with Crippen molar-refractivity contribution in [3.63, 3.8) is 0 Å². The molecule has 0 bridgehead atoms. The molecule has 19 heavy (non-hydrogen) atoms. The number of primary amides is 1. The molecule has 0 aliphatic carbocycles. The maximum Gasteiger partial charge on any atom is 0.225 e. The first kappa shape index (κ1) is 11.6. The van der Waals surface area contributed by atoms with E-state index >= 15 is 0 Å². The van der Waals surface area contributed by atoms with Crippen molar-refractivity contribution >= 4 is 11.9 Å². The Kier molecular flexibility index (Phi) is 2.66. The first-order valence-electron chi connectivity index (χ1n) is 6.04. The number of carbonyl (C=O) groups excluding carboxylic acids is 1. The summed E-state index contributed by atoms with van der Waals surface area (Å²) >= 11 is 0. The summed E-state index contributed by atoms with van der Waals surface area (Å²) in [5, 5.41) is 7.33. The van der Waals surface area contributed by atoms with E-state index in [0.717, 1.165) is 5.56 Å². The Morgan fingerprint density at radius 1 is 1.53 bits per heavy atom. The SMILES string of the molecule is C[C@@H]1Nc2ncnn2[C@H](c2cccnc2)[C@H]1C(N)=O. The van der Waals surface area contributed by atoms with Crippen LogP contribution in [0.25, 0.3) is 0 Å². The standard InChI is InChI=1S/C12H14N6O/c1-7-9(11(13)19)10(8-3-2-4-14-5-8)18-12(17-7)15-6-16-18/h2-7,9-10H,1H3,(H2,13,19)(H,15,16,17)/t7-,9-,10+/m0/s1. The highest BCUT2D eigenvalue weighted by molar-refractivity contribution is 5.79. The van der Waals surface area contributed by atoms with E-state index in [9.17, 15) is 4.79 Å². The van der Waals surface area contributed by atoms with Gasteiger partial charge >= 0.3 is 0 Å². The minimum atomic E-state index is -0.404. The molecule has 0 radical (unpaired) electrons. The number of hydrogen-bond acceptors (Lipinski definition) is 5. The van der Waals surface area contributed by atoms with Gasteiger partial charge in [0.25, 0.3) is 0 Å². The zero-order valence-electron chi connectivity index (χ0n) is 10.4. The van der Waals surface area contributed by atoms with E-state index in [0.29, 0.717) is 5.95 Å². The molecule has 1 amide bonds. The lowest BCUT2D eigenvalue weighted by molar-refractivity contribution is -0.123. The van der Waals surface area contributed by atoms with Gasteiger partial charge in [-0.2, -0.15) is 10.1 Å². The molecular weight excluding hydrogens is 244 g/mol. The van der Waals surface area contributed by atoms with Crippen LogP contribution in [-0.2, 0) is 4.79 Å². The van der Waals surface area contributed by atoms with Crippen molar-refractivity contribution in [2.24, 2.45) is 11.7 Å². The summed E-state index contributed by atoms with van der Waals surface area (Å²) in [6.45, 7) is 1.91. The second kappa shape index (κ2) is 4.34. The molecule has 0 fully saturated rings. The summed E-state index contributed by atoms with van der Waals surface area (Å²) < 4.78 is 1.69. The fourth-order valence-electron chi connectivity index (χ4n) is 2.58. The molecule has 1 aliphatic rings. The third-order valence-electron chi connectivity index (χ3n) is 3.43. The Balaban J connectivity index is 2.14. The first-order valence-corrected chi connectivity index (χ1v) is 6.04. The fourth-order valence-corrected chi connectivity index (χ4v) is 2.58. The second-order valence-corrected chi connectivity index (χ2v) is 4.62. The highest BCUT2D eigenvalue weighted by Gasteiger charge is 2.40. The quantitative estimate of drug-likeness (QED) is 0.800. The molecule has 3 N–H and O–H groups in total. The summed E-state index contributed by atoms with van der Waals surface area (Å²) in [7, 11) is 0. The number of anilines is 1. The van der Waals surface area contributed by atoms with Crippen molar-refractivity contribution < 1.29 is 4.79 Å². The van der Waals surface area contributed by atoms with Gasteiger partial charge in [-0.15, -0.1) is 0 Å². The summed E-state index contributed by atoms with van der Waals surface area (Å²) in [5.41, 5.74) is 6.45. The van der Waals surface area contributed by atoms with E-state index in [1.54, 1.807) is 17.1 Å². The van der Waals surface area contributed by atoms with Crippen LogP contribution in [0.3, 0.4) is 0 Å². The fraction of sp³-hybridized carbons (Fsp3) is 0.333. The molecule has 3 heterocycles. The number of hydrogen-bond donors (Lipinski definition) is 2. The van der Waals surface area contributed by atoms with Crippen LogP contribution in [-0.4, -0.2) is 31.7 Å². The van der Waals surface area contributed by atoms with Crippen molar-refractivity contribution in [2.45, 2.75) is 19.0 Å². The Morgan fingerprint density at radius 2 is 2.37 bits per heavy atom. The van der Waals surface area contributed by atoms with Gasteiger partial charge in [0.05, 0.1) is 12.0 Å². The molecule has 0 aromatic carbocycles. The van der Waals surface area contributed by atoms with Crippen LogP contribution < -0.4 is 11.1 Å². The summed E-state index contributed by atoms with van der Waals surface area (Å²) in [5.74, 6) is -0.132. The zero-order chi connectivity index (χ0) is 13.4. The van der Waals surface area contributed by atoms with Gasteiger partial charge in [-0.05, 0) is 18.6 Å². The van der Waals surface area contributed by atoms with E-state index < -0.39 is 5.92 Å². The number of nitrogens with zero attached hydrogens (tertiary/aromatic N) is 4. The van der Waals surface area contributed by atoms with Crippen molar-refractivity contribution in [2.75, 3.05) is 5.32 Å². The number of fused-ring (bicyclic) bond motifs is 1. The summed E-state index contributed by atoms with van der Waals surface area (Å²) in [6.07, 6.45) is 4.88. The predicted molar refractivity (Wildman–Crippen MR) is 68.2 cm³/mol. The van der Waals surface area contributed by atoms with Crippen LogP contribution in [0.15, 0.2) is 30.9 Å². The number of aromatic nitrogens is 4.